The van der Waals surface area contributed by atoms with Crippen molar-refractivity contribution in [2.75, 3.05) is 13.2 Å². The van der Waals surface area contributed by atoms with Crippen molar-refractivity contribution in [2.45, 2.75) is 366 Å². The topological polar surface area (TPSA) is 95.9 Å². The number of aliphatic hydroxyl groups excluding tert-OH is 2. The first-order valence-corrected chi connectivity index (χ1v) is 34.1. The van der Waals surface area contributed by atoms with E-state index in [9.17, 15) is 19.8 Å². The highest BCUT2D eigenvalue weighted by atomic mass is 16.5. The van der Waals surface area contributed by atoms with Crippen molar-refractivity contribution in [1.82, 2.24) is 5.32 Å². The highest BCUT2D eigenvalue weighted by molar-refractivity contribution is 5.76. The zero-order chi connectivity index (χ0) is 55.7. The van der Waals surface area contributed by atoms with Crippen LogP contribution in [0.5, 0.6) is 0 Å². The van der Waals surface area contributed by atoms with Crippen molar-refractivity contribution in [3.8, 4) is 0 Å². The minimum atomic E-state index is -0.841. The summed E-state index contributed by atoms with van der Waals surface area (Å²) >= 11 is 0. The van der Waals surface area contributed by atoms with Crippen LogP contribution >= 0.6 is 0 Å². The molecule has 0 aliphatic heterocycles. The number of ether oxygens (including phenoxy) is 1. The van der Waals surface area contributed by atoms with Gasteiger partial charge >= 0.3 is 5.97 Å². The Morgan fingerprint density at radius 1 is 0.364 bits per heavy atom. The summed E-state index contributed by atoms with van der Waals surface area (Å²) in [7, 11) is 0. The molecule has 0 radical (unpaired) electrons. The molecule has 1 amide bonds. The van der Waals surface area contributed by atoms with E-state index in [0.717, 1.165) is 57.8 Å². The zero-order valence-electron chi connectivity index (χ0n) is 51.4. The first kappa shape index (κ1) is 74.6. The van der Waals surface area contributed by atoms with Gasteiger partial charge in [-0.15, -0.1) is 0 Å². The number of aliphatic hydroxyl groups is 2. The molecular weight excluding hydrogens is 947 g/mol. The number of hydrogen-bond acceptors (Lipinski definition) is 5. The molecule has 0 aromatic heterocycles. The van der Waals surface area contributed by atoms with E-state index in [-0.39, 0.29) is 18.5 Å². The van der Waals surface area contributed by atoms with Gasteiger partial charge in [-0.3, -0.25) is 9.59 Å². The lowest BCUT2D eigenvalue weighted by Crippen LogP contribution is -2.45. The molecule has 0 aromatic carbocycles. The van der Waals surface area contributed by atoms with Crippen molar-refractivity contribution >= 4 is 11.9 Å². The molecule has 0 aliphatic carbocycles. The maximum atomic E-state index is 12.4. The fourth-order valence-electron chi connectivity index (χ4n) is 10.3. The Balaban J connectivity index is 3.37. The second-order valence-corrected chi connectivity index (χ2v) is 23.1. The Bertz CT molecular complexity index is 1340. The molecule has 6 heteroatoms. The van der Waals surface area contributed by atoms with E-state index in [2.05, 4.69) is 67.8 Å². The van der Waals surface area contributed by atoms with E-state index in [0.29, 0.717) is 19.4 Å². The smallest absolute Gasteiger partial charge is 0.305 e. The van der Waals surface area contributed by atoms with Crippen LogP contribution in [0.25, 0.3) is 0 Å². The summed E-state index contributed by atoms with van der Waals surface area (Å²) in [5.74, 6) is -0.0651. The summed E-state index contributed by atoms with van der Waals surface area (Å²) in [5, 5.41) is 23.0. The summed E-state index contributed by atoms with van der Waals surface area (Å²) in [4.78, 5) is 24.5. The van der Waals surface area contributed by atoms with Crippen LogP contribution in [0.15, 0.2) is 60.8 Å². The Morgan fingerprint density at radius 3 is 1.01 bits per heavy atom. The van der Waals surface area contributed by atoms with Gasteiger partial charge in [0.05, 0.1) is 25.4 Å². The molecule has 0 aromatic rings. The molecule has 3 N–H and O–H groups in total. The van der Waals surface area contributed by atoms with E-state index < -0.39 is 12.1 Å². The van der Waals surface area contributed by atoms with E-state index in [1.165, 1.54) is 270 Å². The van der Waals surface area contributed by atoms with Crippen molar-refractivity contribution in [3.05, 3.63) is 60.8 Å². The molecular formula is C71H131NO5. The van der Waals surface area contributed by atoms with Gasteiger partial charge in [-0.1, -0.05) is 306 Å². The molecule has 0 heterocycles. The van der Waals surface area contributed by atoms with Crippen LogP contribution in [0.4, 0.5) is 0 Å². The van der Waals surface area contributed by atoms with E-state index >= 15 is 0 Å². The molecule has 6 nitrogen and oxygen atoms in total. The molecule has 0 saturated heterocycles. The molecule has 0 fully saturated rings. The van der Waals surface area contributed by atoms with Gasteiger partial charge in [0.25, 0.3) is 0 Å². The molecule has 450 valence electrons. The highest BCUT2D eigenvalue weighted by Crippen LogP contribution is 2.17. The number of carbonyl (C=O) groups excluding carboxylic acids is 2. The van der Waals surface area contributed by atoms with Gasteiger partial charge in [-0.25, -0.2) is 0 Å². The third-order valence-electron chi connectivity index (χ3n) is 15.5. The number of amides is 1. The largest absolute Gasteiger partial charge is 0.466 e. The van der Waals surface area contributed by atoms with Crippen molar-refractivity contribution in [2.24, 2.45) is 0 Å². The van der Waals surface area contributed by atoms with Crippen LogP contribution in [0, 0.1) is 0 Å². The van der Waals surface area contributed by atoms with E-state index in [4.69, 9.17) is 4.74 Å². The number of hydrogen-bond donors (Lipinski definition) is 3. The molecule has 2 atom stereocenters. The highest BCUT2D eigenvalue weighted by Gasteiger charge is 2.18. The number of unbranched alkanes of at least 4 members (excludes halogenated alkanes) is 44. The summed E-state index contributed by atoms with van der Waals surface area (Å²) < 4.78 is 5.48. The second kappa shape index (κ2) is 66.1. The van der Waals surface area contributed by atoms with Crippen LogP contribution in [0.2, 0.25) is 0 Å². The Kier molecular flexibility index (Phi) is 64.0. The Morgan fingerprint density at radius 2 is 0.649 bits per heavy atom. The van der Waals surface area contributed by atoms with Crippen LogP contribution in [0.1, 0.15) is 354 Å². The average molecular weight is 1080 g/mol. The van der Waals surface area contributed by atoms with Gasteiger partial charge in [0.1, 0.15) is 0 Å². The molecule has 0 bridgehead atoms. The van der Waals surface area contributed by atoms with Gasteiger partial charge in [-0.05, 0) is 96.3 Å². The van der Waals surface area contributed by atoms with E-state index in [1.54, 1.807) is 6.08 Å². The molecule has 0 saturated carbocycles. The molecule has 2 unspecified atom stereocenters. The average Bonchev–Trinajstić information content (AvgIpc) is 3.43. The first-order chi connectivity index (χ1) is 38.0. The zero-order valence-corrected chi connectivity index (χ0v) is 51.4. The number of allylic oxidation sites excluding steroid dienone is 9. The summed E-state index contributed by atoms with van der Waals surface area (Å²) in [6.07, 6.45) is 87.4. The molecule has 77 heavy (non-hydrogen) atoms. The van der Waals surface area contributed by atoms with Crippen LogP contribution in [0.3, 0.4) is 0 Å². The predicted octanol–water partition coefficient (Wildman–Crippen LogP) is 21.9. The third kappa shape index (κ3) is 62.6. The lowest BCUT2D eigenvalue weighted by Gasteiger charge is -2.20. The minimum Gasteiger partial charge on any atom is -0.466 e. The van der Waals surface area contributed by atoms with Gasteiger partial charge in [0, 0.05) is 12.8 Å². The van der Waals surface area contributed by atoms with Gasteiger partial charge in [0.2, 0.25) is 5.91 Å². The van der Waals surface area contributed by atoms with Crippen molar-refractivity contribution < 1.29 is 24.5 Å². The number of carbonyl (C=O) groups is 2. The third-order valence-corrected chi connectivity index (χ3v) is 15.5. The van der Waals surface area contributed by atoms with Crippen molar-refractivity contribution in [1.29, 1.82) is 0 Å². The summed E-state index contributed by atoms with van der Waals surface area (Å²) in [5.41, 5.74) is 0. The fraction of sp³-hybridized carbons (Fsp3) is 0.831. The minimum absolute atomic E-state index is 0.00209. The summed E-state index contributed by atoms with van der Waals surface area (Å²) in [6, 6.07) is -0.625. The fourth-order valence-corrected chi connectivity index (χ4v) is 10.3. The maximum absolute atomic E-state index is 12.4. The van der Waals surface area contributed by atoms with Gasteiger partial charge in [-0.2, -0.15) is 0 Å². The molecule has 0 spiro atoms. The lowest BCUT2D eigenvalue weighted by atomic mass is 10.0. The molecule has 0 rings (SSSR count). The SMILES string of the molecule is CCCCC/C=C\C/C=C\CCCCCCCC(=O)OCCCCCCCCCCCCC/C=C\C/C=C\CCCCCCCCCCCCCCCCCCCC(=O)NC(CO)C(O)/C=C/CCCCCCCCCC. The standard InChI is InChI=1S/C71H131NO5/c1-3-5-7-9-11-13-15-16-38-42-45-49-53-57-61-65-71(76)77-66-62-58-54-50-46-43-40-37-35-33-31-29-27-25-23-21-19-17-18-20-22-24-26-28-30-32-34-36-39-41-44-48-52-56-60-64-70(75)72-68(67-73)69(74)63-59-55-51-47-14-12-10-8-6-4-2/h11,13,16,19,21,25,27,38,59,63,68-69,73-74H,3-10,12,14-15,17-18,20,22-24,26,28-37,39-58,60-62,64-67H2,1-2H3,(H,72,75)/b13-11-,21-19-,27-25-,38-16-,63-59+. The monoisotopic (exact) mass is 1080 g/mol. The molecule has 0 aliphatic rings. The predicted molar refractivity (Wildman–Crippen MR) is 338 cm³/mol. The first-order valence-electron chi connectivity index (χ1n) is 34.1. The van der Waals surface area contributed by atoms with Crippen LogP contribution < -0.4 is 5.32 Å². The number of esters is 1. The normalized spacial score (nSPS) is 12.9. The number of rotatable bonds is 63. The maximum Gasteiger partial charge on any atom is 0.305 e. The van der Waals surface area contributed by atoms with Crippen LogP contribution in [-0.2, 0) is 14.3 Å². The van der Waals surface area contributed by atoms with Gasteiger partial charge < -0.3 is 20.3 Å². The van der Waals surface area contributed by atoms with E-state index in [1.807, 2.05) is 6.08 Å². The quantitative estimate of drug-likeness (QED) is 0.0320. The number of nitrogens with one attached hydrogen (secondary N) is 1. The van der Waals surface area contributed by atoms with Gasteiger partial charge in [0.15, 0.2) is 0 Å². The lowest BCUT2D eigenvalue weighted by molar-refractivity contribution is -0.143. The Hall–Kier alpha value is -2.44. The Labute approximate surface area is 479 Å². The summed E-state index contributed by atoms with van der Waals surface area (Å²) in [6.45, 7) is 4.86. The second-order valence-electron chi connectivity index (χ2n) is 23.1. The van der Waals surface area contributed by atoms with Crippen LogP contribution in [-0.4, -0.2) is 47.4 Å². The van der Waals surface area contributed by atoms with Crippen molar-refractivity contribution in [3.63, 3.8) is 0 Å².